The summed E-state index contributed by atoms with van der Waals surface area (Å²) in [6, 6.07) is 4.56. The second kappa shape index (κ2) is 5.25. The highest BCUT2D eigenvalue weighted by atomic mass is 35.5. The van der Waals surface area contributed by atoms with Crippen molar-refractivity contribution in [2.24, 2.45) is 0 Å². The summed E-state index contributed by atoms with van der Waals surface area (Å²) in [4.78, 5) is 11.0. The average molecular weight is 251 g/mol. The Morgan fingerprint density at radius 3 is 2.64 bits per heavy atom. The molecular formula is C9H5Cl3O2. The highest BCUT2D eigenvalue weighted by Gasteiger charge is 2.05. The van der Waals surface area contributed by atoms with Gasteiger partial charge in [0, 0.05) is 16.6 Å². The van der Waals surface area contributed by atoms with Crippen LogP contribution in [0.5, 0.6) is 5.75 Å². The molecule has 0 radical (unpaired) electrons. The molecule has 0 atom stereocenters. The summed E-state index contributed by atoms with van der Waals surface area (Å²) in [5, 5.41) is 0.747. The molecule has 0 saturated carbocycles. The molecule has 1 rings (SSSR count). The number of hydrogen-bond donors (Lipinski definition) is 0. The van der Waals surface area contributed by atoms with E-state index in [-0.39, 0.29) is 10.8 Å². The van der Waals surface area contributed by atoms with Gasteiger partial charge in [-0.15, -0.1) is 0 Å². The van der Waals surface area contributed by atoms with Crippen LogP contribution in [0.25, 0.3) is 0 Å². The van der Waals surface area contributed by atoms with Crippen LogP contribution < -0.4 is 4.74 Å². The first kappa shape index (κ1) is 11.4. The lowest BCUT2D eigenvalue weighted by molar-refractivity contribution is -0.128. The summed E-state index contributed by atoms with van der Waals surface area (Å²) in [6.45, 7) is 0. The molecule has 1 aromatic rings. The third-order valence-corrected chi connectivity index (χ3v) is 1.96. The largest absolute Gasteiger partial charge is 0.422 e. The maximum absolute atomic E-state index is 11.0. The number of hydrogen-bond acceptors (Lipinski definition) is 2. The molecule has 0 fully saturated rings. The first-order valence-electron chi connectivity index (χ1n) is 3.57. The number of carbonyl (C=O) groups excluding carboxylic acids is 1. The smallest absolute Gasteiger partial charge is 0.337 e. The summed E-state index contributed by atoms with van der Waals surface area (Å²) in [7, 11) is 0. The van der Waals surface area contributed by atoms with Crippen molar-refractivity contribution in [1.82, 2.24) is 0 Å². The lowest BCUT2D eigenvalue weighted by Gasteiger charge is -2.03. The van der Waals surface area contributed by atoms with Crippen LogP contribution in [-0.4, -0.2) is 5.97 Å². The Morgan fingerprint density at radius 2 is 2.07 bits per heavy atom. The Kier molecular flexibility index (Phi) is 4.26. The Balaban J connectivity index is 2.82. The highest BCUT2D eigenvalue weighted by molar-refractivity contribution is 6.35. The standard InChI is InChI=1S/C9H5Cl3O2/c10-4-3-9(13)14-8-2-1-6(11)5-7(8)12/h1-5H/b4-3+. The lowest BCUT2D eigenvalue weighted by Crippen LogP contribution is -2.03. The van der Waals surface area contributed by atoms with Gasteiger partial charge in [-0.2, -0.15) is 0 Å². The van der Waals surface area contributed by atoms with Crippen molar-refractivity contribution < 1.29 is 9.53 Å². The van der Waals surface area contributed by atoms with Crippen LogP contribution in [0.15, 0.2) is 29.8 Å². The Hall–Kier alpha value is -0.700. The Labute approximate surface area is 96.0 Å². The number of rotatable bonds is 2. The summed E-state index contributed by atoms with van der Waals surface area (Å²) in [5.41, 5.74) is 1.06. The van der Waals surface area contributed by atoms with Crippen LogP contribution in [0, 0.1) is 0 Å². The maximum atomic E-state index is 11.0. The molecule has 1 aromatic carbocycles. The molecule has 0 saturated heterocycles. The molecule has 0 aliphatic carbocycles. The summed E-state index contributed by atoms with van der Waals surface area (Å²) >= 11 is 16.6. The van der Waals surface area contributed by atoms with Crippen molar-refractivity contribution in [3.63, 3.8) is 0 Å². The van der Waals surface area contributed by atoms with Gasteiger partial charge in [-0.1, -0.05) is 34.8 Å². The van der Waals surface area contributed by atoms with Crippen LogP contribution in [0.4, 0.5) is 0 Å². The zero-order chi connectivity index (χ0) is 10.6. The molecule has 0 heterocycles. The SMILES string of the molecule is O=C(/C=C/Cl)Oc1ccc(Cl)cc1Cl. The fourth-order valence-electron chi connectivity index (χ4n) is 0.752. The molecule has 0 N–H and O–H groups in total. The summed E-state index contributed by atoms with van der Waals surface area (Å²) in [5.74, 6) is -0.347. The molecule has 0 aromatic heterocycles. The Morgan fingerprint density at radius 1 is 1.36 bits per heavy atom. The predicted molar refractivity (Wildman–Crippen MR) is 57.1 cm³/mol. The van der Waals surface area contributed by atoms with Crippen molar-refractivity contribution in [3.05, 3.63) is 39.9 Å². The van der Waals surface area contributed by atoms with Crippen molar-refractivity contribution in [2.45, 2.75) is 0 Å². The van der Waals surface area contributed by atoms with Crippen molar-refractivity contribution in [2.75, 3.05) is 0 Å². The van der Waals surface area contributed by atoms with Gasteiger partial charge in [0.1, 0.15) is 5.75 Å². The van der Waals surface area contributed by atoms with E-state index in [1.54, 1.807) is 6.07 Å². The van der Waals surface area contributed by atoms with E-state index in [1.807, 2.05) is 0 Å². The van der Waals surface area contributed by atoms with Gasteiger partial charge in [-0.25, -0.2) is 4.79 Å². The van der Waals surface area contributed by atoms with Gasteiger partial charge in [-0.3, -0.25) is 0 Å². The lowest BCUT2D eigenvalue weighted by atomic mass is 10.3. The van der Waals surface area contributed by atoms with E-state index in [0.717, 1.165) is 11.6 Å². The van der Waals surface area contributed by atoms with Crippen LogP contribution in [0.3, 0.4) is 0 Å². The van der Waals surface area contributed by atoms with Gasteiger partial charge >= 0.3 is 5.97 Å². The summed E-state index contributed by atoms with van der Waals surface area (Å²) in [6.07, 6.45) is 1.08. The number of benzene rings is 1. The number of ether oxygens (including phenoxy) is 1. The predicted octanol–water partition coefficient (Wildman–Crippen LogP) is 3.65. The fraction of sp³-hybridized carbons (Fsp3) is 0. The molecule has 0 bridgehead atoms. The molecule has 2 nitrogen and oxygen atoms in total. The van der Waals surface area contributed by atoms with E-state index in [9.17, 15) is 4.79 Å². The minimum atomic E-state index is -0.593. The van der Waals surface area contributed by atoms with Gasteiger partial charge in [-0.05, 0) is 18.2 Å². The van der Waals surface area contributed by atoms with Crippen LogP contribution in [0.1, 0.15) is 0 Å². The van der Waals surface area contributed by atoms with Crippen molar-refractivity contribution >= 4 is 40.8 Å². The molecule has 0 aliphatic rings. The van der Waals surface area contributed by atoms with E-state index in [4.69, 9.17) is 39.5 Å². The third kappa shape index (κ3) is 3.22. The quantitative estimate of drug-likeness (QED) is 0.455. The van der Waals surface area contributed by atoms with Gasteiger partial charge in [0.05, 0.1) is 5.02 Å². The topological polar surface area (TPSA) is 26.3 Å². The van der Waals surface area contributed by atoms with Crippen LogP contribution in [-0.2, 0) is 4.79 Å². The number of esters is 1. The van der Waals surface area contributed by atoms with E-state index >= 15 is 0 Å². The van der Waals surface area contributed by atoms with Gasteiger partial charge in [0.25, 0.3) is 0 Å². The zero-order valence-corrected chi connectivity index (χ0v) is 9.10. The van der Waals surface area contributed by atoms with Gasteiger partial charge < -0.3 is 4.74 Å². The minimum absolute atomic E-state index is 0.246. The molecule has 5 heteroatoms. The van der Waals surface area contributed by atoms with Gasteiger partial charge in [0.2, 0.25) is 0 Å². The Bertz CT molecular complexity index is 374. The first-order valence-corrected chi connectivity index (χ1v) is 4.76. The first-order chi connectivity index (χ1) is 6.63. The molecular weight excluding hydrogens is 246 g/mol. The van der Waals surface area contributed by atoms with Gasteiger partial charge in [0.15, 0.2) is 0 Å². The fourth-order valence-corrected chi connectivity index (χ4v) is 1.30. The molecule has 74 valence electrons. The molecule has 0 unspecified atom stereocenters. The van der Waals surface area contributed by atoms with Crippen LogP contribution >= 0.6 is 34.8 Å². The normalized spacial score (nSPS) is 10.5. The minimum Gasteiger partial charge on any atom is -0.422 e. The highest BCUT2D eigenvalue weighted by Crippen LogP contribution is 2.27. The third-order valence-electron chi connectivity index (χ3n) is 1.30. The second-order valence-corrected chi connectivity index (χ2v) is 3.38. The van der Waals surface area contributed by atoms with Crippen molar-refractivity contribution in [3.8, 4) is 5.75 Å². The monoisotopic (exact) mass is 250 g/mol. The average Bonchev–Trinajstić information content (AvgIpc) is 2.10. The van der Waals surface area contributed by atoms with Crippen molar-refractivity contribution in [1.29, 1.82) is 0 Å². The summed E-state index contributed by atoms with van der Waals surface area (Å²) < 4.78 is 4.84. The second-order valence-electron chi connectivity index (χ2n) is 2.29. The van der Waals surface area contributed by atoms with E-state index in [1.165, 1.54) is 12.1 Å². The molecule has 0 spiro atoms. The van der Waals surface area contributed by atoms with E-state index in [2.05, 4.69) is 0 Å². The molecule has 0 aliphatic heterocycles. The van der Waals surface area contributed by atoms with E-state index in [0.29, 0.717) is 5.02 Å². The zero-order valence-electron chi connectivity index (χ0n) is 6.84. The number of halogens is 3. The molecule has 0 amide bonds. The maximum Gasteiger partial charge on any atom is 0.337 e. The van der Waals surface area contributed by atoms with E-state index < -0.39 is 5.97 Å². The molecule has 14 heavy (non-hydrogen) atoms. The van der Waals surface area contributed by atoms with Crippen LogP contribution in [0.2, 0.25) is 10.0 Å². The number of carbonyl (C=O) groups is 1.